The maximum absolute atomic E-state index is 12.8. The zero-order valence-corrected chi connectivity index (χ0v) is 16.3. The number of piperidine rings is 1. The Morgan fingerprint density at radius 2 is 1.68 bits per heavy atom. The van der Waals surface area contributed by atoms with Gasteiger partial charge in [-0.15, -0.1) is 0 Å². The Hall–Kier alpha value is -2.66. The Kier molecular flexibility index (Phi) is 7.20. The first-order valence-electron chi connectivity index (χ1n) is 9.95. The van der Waals surface area contributed by atoms with E-state index in [1.54, 1.807) is 0 Å². The van der Waals surface area contributed by atoms with Crippen LogP contribution in [-0.2, 0) is 14.3 Å². The van der Waals surface area contributed by atoms with Gasteiger partial charge in [0.2, 0.25) is 5.91 Å². The minimum atomic E-state index is -0.194. The molecule has 3 rings (SSSR count). The molecule has 0 aromatic heterocycles. The molecule has 5 nitrogen and oxygen atoms in total. The number of hydrogen-bond donors (Lipinski definition) is 1. The zero-order valence-electron chi connectivity index (χ0n) is 16.3. The van der Waals surface area contributed by atoms with Crippen molar-refractivity contribution in [2.75, 3.05) is 26.2 Å². The third kappa shape index (κ3) is 5.42. The highest BCUT2D eigenvalue weighted by Crippen LogP contribution is 2.22. The molecule has 1 amide bonds. The molecule has 28 heavy (non-hydrogen) atoms. The highest BCUT2D eigenvalue weighted by molar-refractivity contribution is 5.79. The first-order valence-corrected chi connectivity index (χ1v) is 9.95. The van der Waals surface area contributed by atoms with Crippen molar-refractivity contribution in [1.82, 2.24) is 10.2 Å². The van der Waals surface area contributed by atoms with E-state index < -0.39 is 0 Å². The van der Waals surface area contributed by atoms with E-state index >= 15 is 0 Å². The molecule has 148 valence electrons. The third-order valence-electron chi connectivity index (χ3n) is 5.06. The van der Waals surface area contributed by atoms with E-state index in [9.17, 15) is 9.59 Å². The third-order valence-corrected chi connectivity index (χ3v) is 5.06. The van der Waals surface area contributed by atoms with Crippen LogP contribution in [0.5, 0.6) is 0 Å². The van der Waals surface area contributed by atoms with Gasteiger partial charge in [-0.25, -0.2) is 0 Å². The summed E-state index contributed by atoms with van der Waals surface area (Å²) in [5, 5.41) is 3.17. The van der Waals surface area contributed by atoms with Crippen LogP contribution in [0.3, 0.4) is 0 Å². The first-order chi connectivity index (χ1) is 13.7. The second-order valence-corrected chi connectivity index (χ2v) is 7.15. The van der Waals surface area contributed by atoms with Gasteiger partial charge in [0.15, 0.2) is 0 Å². The fourth-order valence-electron chi connectivity index (χ4n) is 3.71. The van der Waals surface area contributed by atoms with Crippen LogP contribution < -0.4 is 5.32 Å². The zero-order chi connectivity index (χ0) is 19.8. The van der Waals surface area contributed by atoms with Gasteiger partial charge in [0.1, 0.15) is 0 Å². The number of likely N-dealkylation sites (tertiary alicyclic amines) is 1. The predicted molar refractivity (Wildman–Crippen MR) is 109 cm³/mol. The summed E-state index contributed by atoms with van der Waals surface area (Å²) >= 11 is 0. The van der Waals surface area contributed by atoms with Crippen LogP contribution in [0.4, 0.5) is 0 Å². The molecule has 1 atom stereocenters. The fraction of sp³-hybridized carbons (Fsp3) is 0.391. The number of hydrogen-bond acceptors (Lipinski definition) is 4. The highest BCUT2D eigenvalue weighted by atomic mass is 16.5. The molecule has 0 spiro atoms. The van der Waals surface area contributed by atoms with Gasteiger partial charge in [-0.1, -0.05) is 60.7 Å². The van der Waals surface area contributed by atoms with Crippen LogP contribution in [0.1, 0.15) is 36.9 Å². The SMILES string of the molecule is CCOC(=O)[C@H]1CCCN(CC(=O)NC(c2ccccc2)c2ccccc2)C1. The number of rotatable bonds is 7. The van der Waals surface area contributed by atoms with Gasteiger partial charge in [0.25, 0.3) is 0 Å². The molecular weight excluding hydrogens is 352 g/mol. The van der Waals surface area contributed by atoms with E-state index in [1.807, 2.05) is 72.5 Å². The number of esters is 1. The Morgan fingerprint density at radius 3 is 2.25 bits per heavy atom. The van der Waals surface area contributed by atoms with Crippen molar-refractivity contribution in [3.8, 4) is 0 Å². The molecule has 0 radical (unpaired) electrons. The van der Waals surface area contributed by atoms with Crippen molar-refractivity contribution in [2.24, 2.45) is 5.92 Å². The lowest BCUT2D eigenvalue weighted by Crippen LogP contribution is -2.45. The second-order valence-electron chi connectivity index (χ2n) is 7.15. The standard InChI is InChI=1S/C23H28N2O3/c1-2-28-23(27)20-14-9-15-25(16-20)17-21(26)24-22(18-10-5-3-6-11-18)19-12-7-4-8-13-19/h3-8,10-13,20,22H,2,9,14-17H2,1H3,(H,24,26)/t20-/m0/s1. The number of amides is 1. The van der Waals surface area contributed by atoms with E-state index in [0.717, 1.165) is 30.5 Å². The lowest BCUT2D eigenvalue weighted by atomic mass is 9.97. The molecule has 0 aliphatic carbocycles. The van der Waals surface area contributed by atoms with Crippen molar-refractivity contribution in [2.45, 2.75) is 25.8 Å². The van der Waals surface area contributed by atoms with E-state index in [2.05, 4.69) is 5.32 Å². The van der Waals surface area contributed by atoms with Gasteiger partial charge in [0.05, 0.1) is 25.1 Å². The van der Waals surface area contributed by atoms with Crippen molar-refractivity contribution in [3.63, 3.8) is 0 Å². The average molecular weight is 380 g/mol. The van der Waals surface area contributed by atoms with Gasteiger partial charge in [-0.2, -0.15) is 0 Å². The summed E-state index contributed by atoms with van der Waals surface area (Å²) in [5.41, 5.74) is 2.09. The van der Waals surface area contributed by atoms with E-state index in [4.69, 9.17) is 4.74 Å². The minimum absolute atomic E-state index is 0.0396. The lowest BCUT2D eigenvalue weighted by Gasteiger charge is -2.31. The van der Waals surface area contributed by atoms with Crippen LogP contribution in [-0.4, -0.2) is 43.0 Å². The number of nitrogens with one attached hydrogen (secondary N) is 1. The molecule has 0 unspecified atom stereocenters. The quantitative estimate of drug-likeness (QED) is 0.750. The van der Waals surface area contributed by atoms with Crippen molar-refractivity contribution in [3.05, 3.63) is 71.8 Å². The molecule has 0 bridgehead atoms. The topological polar surface area (TPSA) is 58.6 Å². The number of ether oxygens (including phenoxy) is 1. The summed E-state index contributed by atoms with van der Waals surface area (Å²) in [5.74, 6) is -0.332. The summed E-state index contributed by atoms with van der Waals surface area (Å²) in [6.45, 7) is 3.90. The molecular formula is C23H28N2O3. The summed E-state index contributed by atoms with van der Waals surface area (Å²) in [7, 11) is 0. The summed E-state index contributed by atoms with van der Waals surface area (Å²) in [6, 6.07) is 19.8. The van der Waals surface area contributed by atoms with Gasteiger partial charge in [0, 0.05) is 6.54 Å². The molecule has 1 saturated heterocycles. The Labute approximate surface area is 166 Å². The number of benzene rings is 2. The van der Waals surface area contributed by atoms with Crippen molar-refractivity contribution in [1.29, 1.82) is 0 Å². The van der Waals surface area contributed by atoms with E-state index in [-0.39, 0.29) is 30.4 Å². The minimum Gasteiger partial charge on any atom is -0.466 e. The largest absolute Gasteiger partial charge is 0.466 e. The number of carbonyl (C=O) groups is 2. The fourth-order valence-corrected chi connectivity index (χ4v) is 3.71. The maximum atomic E-state index is 12.8. The number of carbonyl (C=O) groups excluding carboxylic acids is 2. The van der Waals surface area contributed by atoms with Crippen LogP contribution in [0.25, 0.3) is 0 Å². The molecule has 0 saturated carbocycles. The molecule has 2 aromatic carbocycles. The summed E-state index contributed by atoms with van der Waals surface area (Å²) in [4.78, 5) is 26.9. The molecule has 1 fully saturated rings. The second kappa shape index (κ2) is 10.0. The van der Waals surface area contributed by atoms with Crippen LogP contribution in [0, 0.1) is 5.92 Å². The normalized spacial score (nSPS) is 17.3. The molecule has 5 heteroatoms. The molecule has 1 heterocycles. The maximum Gasteiger partial charge on any atom is 0.310 e. The van der Waals surface area contributed by atoms with Crippen LogP contribution in [0.15, 0.2) is 60.7 Å². The summed E-state index contributed by atoms with van der Waals surface area (Å²) in [6.07, 6.45) is 1.73. The molecule has 1 aliphatic heterocycles. The van der Waals surface area contributed by atoms with Gasteiger partial charge >= 0.3 is 5.97 Å². The molecule has 1 aliphatic rings. The molecule has 1 N–H and O–H groups in total. The van der Waals surface area contributed by atoms with Crippen LogP contribution >= 0.6 is 0 Å². The monoisotopic (exact) mass is 380 g/mol. The Bertz CT molecular complexity index is 724. The average Bonchev–Trinajstić information content (AvgIpc) is 2.73. The Balaban J connectivity index is 1.65. The number of nitrogens with zero attached hydrogens (tertiary/aromatic N) is 1. The van der Waals surface area contributed by atoms with E-state index in [1.165, 1.54) is 0 Å². The van der Waals surface area contributed by atoms with E-state index in [0.29, 0.717) is 13.2 Å². The van der Waals surface area contributed by atoms with Gasteiger partial charge in [-0.05, 0) is 37.4 Å². The smallest absolute Gasteiger partial charge is 0.310 e. The molecule has 2 aromatic rings. The highest BCUT2D eigenvalue weighted by Gasteiger charge is 2.28. The Morgan fingerprint density at radius 1 is 1.07 bits per heavy atom. The lowest BCUT2D eigenvalue weighted by molar-refractivity contribution is -0.150. The summed E-state index contributed by atoms with van der Waals surface area (Å²) < 4.78 is 5.15. The van der Waals surface area contributed by atoms with Gasteiger partial charge in [-0.3, -0.25) is 14.5 Å². The van der Waals surface area contributed by atoms with Crippen molar-refractivity contribution >= 4 is 11.9 Å². The first kappa shape index (κ1) is 20.1. The van der Waals surface area contributed by atoms with Crippen molar-refractivity contribution < 1.29 is 14.3 Å². The predicted octanol–water partition coefficient (Wildman–Crippen LogP) is 3.17. The van der Waals surface area contributed by atoms with Gasteiger partial charge < -0.3 is 10.1 Å². The van der Waals surface area contributed by atoms with Crippen LogP contribution in [0.2, 0.25) is 0 Å².